The zero-order valence-electron chi connectivity index (χ0n) is 11.9. The Labute approximate surface area is 124 Å². The van der Waals surface area contributed by atoms with E-state index < -0.39 is 0 Å². The molecular weight excluding hydrogens is 302 g/mol. The van der Waals surface area contributed by atoms with Crippen molar-refractivity contribution in [3.63, 3.8) is 0 Å². The Hall–Kier alpha value is -0.770. The minimum atomic E-state index is 0.440. The van der Waals surface area contributed by atoms with Crippen LogP contribution in [0.2, 0.25) is 0 Å². The van der Waals surface area contributed by atoms with E-state index in [1.807, 2.05) is 6.07 Å². The summed E-state index contributed by atoms with van der Waals surface area (Å²) in [6.07, 6.45) is 8.46. The molecular formula is C15H24BrN3. The molecule has 0 atom stereocenters. The van der Waals surface area contributed by atoms with Crippen LogP contribution in [0.3, 0.4) is 0 Å². The van der Waals surface area contributed by atoms with Gasteiger partial charge in [-0.15, -0.1) is 0 Å². The minimum absolute atomic E-state index is 0.440. The van der Waals surface area contributed by atoms with E-state index in [1.54, 1.807) is 6.20 Å². The number of anilines is 2. The number of rotatable bonds is 5. The molecule has 0 radical (unpaired) electrons. The van der Waals surface area contributed by atoms with E-state index in [1.165, 1.54) is 32.1 Å². The third-order valence-electron chi connectivity index (χ3n) is 4.02. The molecule has 0 spiro atoms. The van der Waals surface area contributed by atoms with Gasteiger partial charge in [0.05, 0.1) is 5.69 Å². The van der Waals surface area contributed by atoms with Gasteiger partial charge in [0.25, 0.3) is 0 Å². The standard InChI is InChI=1S/C15H24BrN3/c1-11(2)8-15(5-3-4-6-15)10-19-14-13(17)7-12(16)9-18-14/h7,9,11H,3-6,8,10,17H2,1-2H3,(H,18,19). The van der Waals surface area contributed by atoms with E-state index in [0.717, 1.165) is 22.8 Å². The van der Waals surface area contributed by atoms with Gasteiger partial charge in [0.1, 0.15) is 5.82 Å². The van der Waals surface area contributed by atoms with Crippen molar-refractivity contribution in [2.24, 2.45) is 11.3 Å². The van der Waals surface area contributed by atoms with Crippen LogP contribution in [0, 0.1) is 11.3 Å². The number of nitrogen functional groups attached to an aromatic ring is 1. The summed E-state index contributed by atoms with van der Waals surface area (Å²) in [4.78, 5) is 4.37. The predicted molar refractivity (Wildman–Crippen MR) is 85.2 cm³/mol. The van der Waals surface area contributed by atoms with Gasteiger partial charge in [0.2, 0.25) is 0 Å². The van der Waals surface area contributed by atoms with Crippen LogP contribution >= 0.6 is 15.9 Å². The van der Waals surface area contributed by atoms with Gasteiger partial charge in [-0.3, -0.25) is 0 Å². The average Bonchev–Trinajstić information content (AvgIpc) is 2.76. The van der Waals surface area contributed by atoms with Crippen molar-refractivity contribution in [1.29, 1.82) is 0 Å². The Kier molecular flexibility index (Phi) is 4.71. The molecule has 0 aliphatic heterocycles. The summed E-state index contributed by atoms with van der Waals surface area (Å²) in [6, 6.07) is 1.90. The van der Waals surface area contributed by atoms with E-state index in [9.17, 15) is 0 Å². The van der Waals surface area contributed by atoms with Gasteiger partial charge >= 0.3 is 0 Å². The van der Waals surface area contributed by atoms with Crippen LogP contribution in [0.1, 0.15) is 46.0 Å². The summed E-state index contributed by atoms with van der Waals surface area (Å²) in [7, 11) is 0. The summed E-state index contributed by atoms with van der Waals surface area (Å²) in [5, 5.41) is 3.47. The Bertz CT molecular complexity index is 425. The molecule has 1 aliphatic rings. The molecule has 0 unspecified atom stereocenters. The Morgan fingerprint density at radius 1 is 1.42 bits per heavy atom. The molecule has 19 heavy (non-hydrogen) atoms. The summed E-state index contributed by atoms with van der Waals surface area (Å²) in [5.41, 5.74) is 7.15. The lowest BCUT2D eigenvalue weighted by molar-refractivity contribution is 0.252. The molecule has 2 rings (SSSR count). The highest BCUT2D eigenvalue weighted by Crippen LogP contribution is 2.43. The molecule has 1 fully saturated rings. The molecule has 1 heterocycles. The summed E-state index contributed by atoms with van der Waals surface area (Å²) >= 11 is 3.39. The van der Waals surface area contributed by atoms with E-state index in [4.69, 9.17) is 5.73 Å². The predicted octanol–water partition coefficient (Wildman–Crippen LogP) is 4.44. The van der Waals surface area contributed by atoms with Gasteiger partial charge < -0.3 is 11.1 Å². The second-order valence-corrected chi connectivity index (χ2v) is 7.17. The molecule has 1 aromatic heterocycles. The maximum atomic E-state index is 6.00. The smallest absolute Gasteiger partial charge is 0.149 e. The third-order valence-corrected chi connectivity index (χ3v) is 4.45. The zero-order chi connectivity index (χ0) is 13.9. The second-order valence-electron chi connectivity index (χ2n) is 6.25. The van der Waals surface area contributed by atoms with Crippen LogP contribution in [0.5, 0.6) is 0 Å². The van der Waals surface area contributed by atoms with Crippen molar-refractivity contribution >= 4 is 27.4 Å². The number of pyridine rings is 1. The first-order chi connectivity index (χ1) is 9.01. The Morgan fingerprint density at radius 2 is 2.11 bits per heavy atom. The number of nitrogens with two attached hydrogens (primary N) is 1. The number of nitrogens with one attached hydrogen (secondary N) is 1. The van der Waals surface area contributed by atoms with Crippen molar-refractivity contribution in [2.75, 3.05) is 17.6 Å². The normalized spacial score (nSPS) is 17.9. The fourth-order valence-corrected chi connectivity index (χ4v) is 3.67. The second kappa shape index (κ2) is 6.12. The quantitative estimate of drug-likeness (QED) is 0.841. The van der Waals surface area contributed by atoms with Gasteiger partial charge in [-0.2, -0.15) is 0 Å². The minimum Gasteiger partial charge on any atom is -0.396 e. The van der Waals surface area contributed by atoms with E-state index >= 15 is 0 Å². The number of nitrogens with zero attached hydrogens (tertiary/aromatic N) is 1. The largest absolute Gasteiger partial charge is 0.396 e. The van der Waals surface area contributed by atoms with Crippen LogP contribution in [-0.4, -0.2) is 11.5 Å². The van der Waals surface area contributed by atoms with Crippen LogP contribution in [-0.2, 0) is 0 Å². The SMILES string of the molecule is CC(C)CC1(CNc2ncc(Br)cc2N)CCCC1. The fraction of sp³-hybridized carbons (Fsp3) is 0.667. The van der Waals surface area contributed by atoms with Crippen LogP contribution in [0.4, 0.5) is 11.5 Å². The molecule has 106 valence electrons. The fourth-order valence-electron chi connectivity index (χ4n) is 3.32. The van der Waals surface area contributed by atoms with Gasteiger partial charge in [0, 0.05) is 17.2 Å². The first-order valence-electron chi connectivity index (χ1n) is 7.16. The molecule has 3 N–H and O–H groups in total. The van der Waals surface area contributed by atoms with Crippen molar-refractivity contribution in [3.05, 3.63) is 16.7 Å². The van der Waals surface area contributed by atoms with Crippen molar-refractivity contribution in [2.45, 2.75) is 46.0 Å². The number of hydrogen-bond donors (Lipinski definition) is 2. The number of aromatic nitrogens is 1. The Balaban J connectivity index is 2.02. The lowest BCUT2D eigenvalue weighted by atomic mass is 9.78. The third kappa shape index (κ3) is 3.85. The van der Waals surface area contributed by atoms with E-state index in [-0.39, 0.29) is 0 Å². The first-order valence-corrected chi connectivity index (χ1v) is 7.95. The Morgan fingerprint density at radius 3 is 2.68 bits per heavy atom. The van der Waals surface area contributed by atoms with Gasteiger partial charge in [-0.25, -0.2) is 4.98 Å². The van der Waals surface area contributed by atoms with Crippen LogP contribution in [0.25, 0.3) is 0 Å². The van der Waals surface area contributed by atoms with Gasteiger partial charge in [-0.1, -0.05) is 26.7 Å². The van der Waals surface area contributed by atoms with Gasteiger partial charge in [0.15, 0.2) is 0 Å². The molecule has 4 heteroatoms. The van der Waals surface area contributed by atoms with Crippen molar-refractivity contribution in [1.82, 2.24) is 4.98 Å². The van der Waals surface area contributed by atoms with Crippen LogP contribution < -0.4 is 11.1 Å². The average molecular weight is 326 g/mol. The lowest BCUT2D eigenvalue weighted by Crippen LogP contribution is -2.29. The highest BCUT2D eigenvalue weighted by atomic mass is 79.9. The monoisotopic (exact) mass is 325 g/mol. The molecule has 1 aliphatic carbocycles. The molecule has 3 nitrogen and oxygen atoms in total. The number of hydrogen-bond acceptors (Lipinski definition) is 3. The highest BCUT2D eigenvalue weighted by Gasteiger charge is 2.34. The summed E-state index contributed by atoms with van der Waals surface area (Å²) in [6.45, 7) is 5.61. The van der Waals surface area contributed by atoms with Gasteiger partial charge in [-0.05, 0) is 52.6 Å². The molecule has 1 aromatic rings. The molecule has 0 saturated heterocycles. The topological polar surface area (TPSA) is 50.9 Å². The summed E-state index contributed by atoms with van der Waals surface area (Å²) < 4.78 is 0.924. The molecule has 1 saturated carbocycles. The van der Waals surface area contributed by atoms with E-state index in [0.29, 0.717) is 11.1 Å². The maximum Gasteiger partial charge on any atom is 0.149 e. The highest BCUT2D eigenvalue weighted by molar-refractivity contribution is 9.10. The van der Waals surface area contributed by atoms with E-state index in [2.05, 4.69) is 40.1 Å². The first kappa shape index (κ1) is 14.6. The number of halogens is 1. The van der Waals surface area contributed by atoms with Crippen molar-refractivity contribution < 1.29 is 0 Å². The molecule has 0 bridgehead atoms. The molecule has 0 aromatic carbocycles. The van der Waals surface area contributed by atoms with Crippen LogP contribution in [0.15, 0.2) is 16.7 Å². The molecule has 0 amide bonds. The zero-order valence-corrected chi connectivity index (χ0v) is 13.5. The maximum absolute atomic E-state index is 6.00. The van der Waals surface area contributed by atoms with Crippen molar-refractivity contribution in [3.8, 4) is 0 Å². The summed E-state index contributed by atoms with van der Waals surface area (Å²) in [5.74, 6) is 1.56. The lowest BCUT2D eigenvalue weighted by Gasteiger charge is -2.31.